The molecule has 1 rings (SSSR count). The van der Waals surface area contributed by atoms with E-state index in [1.54, 1.807) is 0 Å². The maximum Gasteiger partial charge on any atom is 0.332 e. The molecule has 1 atom stereocenters. The molecular weight excluding hydrogens is 302 g/mol. The van der Waals surface area contributed by atoms with Crippen molar-refractivity contribution in [2.45, 2.75) is 77.7 Å². The van der Waals surface area contributed by atoms with E-state index in [0.29, 0.717) is 12.8 Å². The van der Waals surface area contributed by atoms with Gasteiger partial charge < -0.3 is 15.1 Å². The zero-order chi connectivity index (χ0) is 17.7. The molecule has 0 aromatic rings. The zero-order valence-corrected chi connectivity index (χ0v) is 13.9. The van der Waals surface area contributed by atoms with E-state index < -0.39 is 11.9 Å². The van der Waals surface area contributed by atoms with E-state index in [2.05, 4.69) is 17.1 Å². The highest BCUT2D eigenvalue weighted by atomic mass is 16.7. The Labute approximate surface area is 136 Å². The van der Waals surface area contributed by atoms with Crippen molar-refractivity contribution in [3.05, 3.63) is 16.1 Å². The number of carboxylic acids is 2. The van der Waals surface area contributed by atoms with Crippen LogP contribution in [-0.4, -0.2) is 28.3 Å². The fourth-order valence-electron chi connectivity index (χ4n) is 2.36. The third kappa shape index (κ3) is 9.65. The molecule has 132 valence electrons. The number of nitrogens with zero attached hydrogens (tertiary/aromatic N) is 1. The maximum absolute atomic E-state index is 10.5. The number of unbranched alkanes of at least 4 members (excludes halogenated alkanes) is 3. The lowest BCUT2D eigenvalue weighted by Gasteiger charge is -2.13. The Bertz CT molecular complexity index is 393. The molecular formula is C16H27NO6. The topological polar surface area (TPSA) is 113 Å². The lowest BCUT2D eigenvalue weighted by molar-refractivity contribution is -0.136. The summed E-state index contributed by atoms with van der Waals surface area (Å²) < 4.78 is 0. The van der Waals surface area contributed by atoms with Gasteiger partial charge in [0, 0.05) is 11.1 Å². The van der Waals surface area contributed by atoms with Crippen molar-refractivity contribution in [1.29, 1.82) is 0 Å². The summed E-state index contributed by atoms with van der Waals surface area (Å²) in [7, 11) is 0. The van der Waals surface area contributed by atoms with E-state index in [9.17, 15) is 14.5 Å². The first-order chi connectivity index (χ1) is 10.9. The van der Waals surface area contributed by atoms with Crippen LogP contribution in [0, 0.1) is 4.91 Å². The summed E-state index contributed by atoms with van der Waals surface area (Å²) >= 11 is 0. The number of rotatable bonds is 9. The van der Waals surface area contributed by atoms with Crippen LogP contribution in [0.2, 0.25) is 0 Å². The van der Waals surface area contributed by atoms with Crippen molar-refractivity contribution >= 4 is 11.9 Å². The van der Waals surface area contributed by atoms with Crippen LogP contribution in [-0.2, 0) is 14.4 Å². The molecule has 0 heterocycles. The molecule has 23 heavy (non-hydrogen) atoms. The lowest BCUT2D eigenvalue weighted by atomic mass is 9.92. The van der Waals surface area contributed by atoms with Crippen LogP contribution >= 0.6 is 0 Å². The fourth-order valence-corrected chi connectivity index (χ4v) is 2.36. The van der Waals surface area contributed by atoms with E-state index in [1.165, 1.54) is 19.3 Å². The number of aliphatic carboxylic acids is 2. The molecule has 2 N–H and O–H groups in total. The average molecular weight is 329 g/mol. The molecule has 0 aromatic carbocycles. The van der Waals surface area contributed by atoms with Crippen LogP contribution < -0.4 is 0 Å². The van der Waals surface area contributed by atoms with Gasteiger partial charge in [0.05, 0.1) is 0 Å². The maximum atomic E-state index is 10.5. The Morgan fingerprint density at radius 1 is 1.09 bits per heavy atom. The first-order valence-electron chi connectivity index (χ1n) is 8.11. The van der Waals surface area contributed by atoms with Gasteiger partial charge in [-0.25, -0.2) is 9.59 Å². The van der Waals surface area contributed by atoms with Crippen LogP contribution in [0.25, 0.3) is 0 Å². The minimum Gasteiger partial charge on any atom is -0.478 e. The molecule has 0 saturated heterocycles. The highest BCUT2D eigenvalue weighted by molar-refractivity contribution is 5.99. The standard InChI is InChI=1S/C8H17NO2.C8H10O4/c1-3-4-5-6-7-8(2)11-9-10;9-7(10)5-3-1-2-4-6(5)8(11)12/h8H,3-7H2,1-2H3;1-4H2,(H,9,10)(H,11,12). The third-order valence-electron chi connectivity index (χ3n) is 3.67. The van der Waals surface area contributed by atoms with Crippen molar-refractivity contribution in [1.82, 2.24) is 0 Å². The third-order valence-corrected chi connectivity index (χ3v) is 3.67. The van der Waals surface area contributed by atoms with Gasteiger partial charge in [-0.05, 0) is 45.4 Å². The summed E-state index contributed by atoms with van der Waals surface area (Å²) in [4.78, 5) is 35.2. The molecule has 0 radical (unpaired) electrons. The highest BCUT2D eigenvalue weighted by Crippen LogP contribution is 2.24. The van der Waals surface area contributed by atoms with Gasteiger partial charge in [-0.15, -0.1) is 4.91 Å². The average Bonchev–Trinajstić information content (AvgIpc) is 2.52. The second-order valence-corrected chi connectivity index (χ2v) is 5.61. The number of carboxylic acid groups (broad SMARTS) is 2. The summed E-state index contributed by atoms with van der Waals surface area (Å²) in [5, 5.41) is 19.7. The van der Waals surface area contributed by atoms with Gasteiger partial charge in [-0.3, -0.25) is 0 Å². The van der Waals surface area contributed by atoms with Crippen LogP contribution in [0.3, 0.4) is 0 Å². The smallest absolute Gasteiger partial charge is 0.332 e. The van der Waals surface area contributed by atoms with E-state index >= 15 is 0 Å². The number of hydrogen-bond donors (Lipinski definition) is 2. The summed E-state index contributed by atoms with van der Waals surface area (Å²) in [6.07, 6.45) is 8.11. The lowest BCUT2D eigenvalue weighted by Crippen LogP contribution is -2.14. The van der Waals surface area contributed by atoms with Crippen LogP contribution in [0.5, 0.6) is 0 Å². The van der Waals surface area contributed by atoms with Gasteiger partial charge in [0.25, 0.3) is 0 Å². The van der Waals surface area contributed by atoms with Gasteiger partial charge in [0.1, 0.15) is 6.10 Å². The predicted molar refractivity (Wildman–Crippen MR) is 85.9 cm³/mol. The van der Waals surface area contributed by atoms with Crippen LogP contribution in [0.4, 0.5) is 0 Å². The minimum absolute atomic E-state index is 0.00986. The summed E-state index contributed by atoms with van der Waals surface area (Å²) in [6, 6.07) is 0. The van der Waals surface area contributed by atoms with Crippen LogP contribution in [0.15, 0.2) is 16.5 Å². The first-order valence-corrected chi connectivity index (χ1v) is 8.11. The van der Waals surface area contributed by atoms with Gasteiger partial charge in [-0.2, -0.15) is 0 Å². The van der Waals surface area contributed by atoms with Crippen LogP contribution in [0.1, 0.15) is 71.6 Å². The molecule has 0 bridgehead atoms. The molecule has 7 nitrogen and oxygen atoms in total. The first kappa shape index (κ1) is 21.1. The quantitative estimate of drug-likeness (QED) is 0.374. The van der Waals surface area contributed by atoms with Crippen molar-refractivity contribution in [3.63, 3.8) is 0 Å². The SMILES string of the molecule is CCCCCCC(C)ON=O.O=C(O)C1=C(C(=O)O)CCCC1. The second-order valence-electron chi connectivity index (χ2n) is 5.61. The Kier molecular flexibility index (Phi) is 11.6. The summed E-state index contributed by atoms with van der Waals surface area (Å²) in [5.41, 5.74) is 0.155. The zero-order valence-electron chi connectivity index (χ0n) is 13.9. The molecule has 0 aromatic heterocycles. The van der Waals surface area contributed by atoms with Gasteiger partial charge in [0.2, 0.25) is 0 Å². The van der Waals surface area contributed by atoms with E-state index in [-0.39, 0.29) is 17.3 Å². The molecule has 0 saturated carbocycles. The van der Waals surface area contributed by atoms with Crippen molar-refractivity contribution in [3.8, 4) is 0 Å². The molecule has 1 aliphatic rings. The molecule has 1 aliphatic carbocycles. The highest BCUT2D eigenvalue weighted by Gasteiger charge is 2.22. The van der Waals surface area contributed by atoms with E-state index in [4.69, 9.17) is 10.2 Å². The van der Waals surface area contributed by atoms with E-state index in [1.807, 2.05) is 6.92 Å². The van der Waals surface area contributed by atoms with Crippen molar-refractivity contribution in [2.24, 2.45) is 5.34 Å². The second kappa shape index (κ2) is 12.6. The van der Waals surface area contributed by atoms with Gasteiger partial charge in [0.15, 0.2) is 5.34 Å². The molecule has 7 heteroatoms. The number of carbonyl (C=O) groups is 2. The van der Waals surface area contributed by atoms with E-state index in [0.717, 1.165) is 25.7 Å². The minimum atomic E-state index is -1.09. The summed E-state index contributed by atoms with van der Waals surface area (Å²) in [6.45, 7) is 4.04. The fraction of sp³-hybridized carbons (Fsp3) is 0.750. The largest absolute Gasteiger partial charge is 0.478 e. The van der Waals surface area contributed by atoms with Gasteiger partial charge >= 0.3 is 11.9 Å². The molecule has 0 fully saturated rings. The van der Waals surface area contributed by atoms with Crippen molar-refractivity contribution < 1.29 is 24.6 Å². The molecule has 0 aliphatic heterocycles. The number of hydrogen-bond acceptors (Lipinski definition) is 5. The Morgan fingerprint density at radius 3 is 2.00 bits per heavy atom. The molecule has 0 amide bonds. The van der Waals surface area contributed by atoms with Crippen molar-refractivity contribution in [2.75, 3.05) is 0 Å². The monoisotopic (exact) mass is 329 g/mol. The summed E-state index contributed by atoms with van der Waals surface area (Å²) in [5.74, 6) is -2.18. The Balaban J connectivity index is 0.000000423. The Hall–Kier alpha value is -1.92. The van der Waals surface area contributed by atoms with Gasteiger partial charge in [-0.1, -0.05) is 26.2 Å². The normalized spacial score (nSPS) is 15.2. The predicted octanol–water partition coefficient (Wildman–Crippen LogP) is 4.07. The Morgan fingerprint density at radius 2 is 1.61 bits per heavy atom. The molecule has 0 spiro atoms. The molecule has 1 unspecified atom stereocenters.